The minimum atomic E-state index is -0.514. The third-order valence-corrected chi connectivity index (χ3v) is 3.22. The van der Waals surface area contributed by atoms with E-state index < -0.39 is 6.10 Å². The minimum Gasteiger partial charge on any atom is -0.457 e. The summed E-state index contributed by atoms with van der Waals surface area (Å²) in [4.78, 5) is 0. The van der Waals surface area contributed by atoms with Gasteiger partial charge in [0, 0.05) is 12.2 Å². The molecule has 20 heavy (non-hydrogen) atoms. The third kappa shape index (κ3) is 3.59. The van der Waals surface area contributed by atoms with Crippen molar-refractivity contribution in [3.63, 3.8) is 0 Å². The molecule has 0 heterocycles. The van der Waals surface area contributed by atoms with E-state index in [1.165, 1.54) is 0 Å². The van der Waals surface area contributed by atoms with Gasteiger partial charge in [-0.25, -0.2) is 0 Å². The molecule has 0 spiro atoms. The maximum atomic E-state index is 9.99. The van der Waals surface area contributed by atoms with Crippen LogP contribution < -0.4 is 4.74 Å². The first-order valence-corrected chi connectivity index (χ1v) is 6.89. The molecule has 2 aromatic rings. The Hall–Kier alpha value is -1.84. The van der Waals surface area contributed by atoms with Gasteiger partial charge in [-0.05, 0) is 36.6 Å². The SMILES string of the molecule is CC[C@H](O)c1ccccc1Oc1ccc(CCO)cc1. The van der Waals surface area contributed by atoms with E-state index in [-0.39, 0.29) is 6.61 Å². The molecule has 0 saturated heterocycles. The van der Waals surface area contributed by atoms with Crippen molar-refractivity contribution in [1.29, 1.82) is 0 Å². The first-order chi connectivity index (χ1) is 9.74. The van der Waals surface area contributed by atoms with Crippen molar-refractivity contribution in [1.82, 2.24) is 0 Å². The molecule has 3 heteroatoms. The summed E-state index contributed by atoms with van der Waals surface area (Å²) < 4.78 is 5.84. The molecule has 0 saturated carbocycles. The summed E-state index contributed by atoms with van der Waals surface area (Å²) in [5.74, 6) is 1.40. The Bertz CT molecular complexity index is 534. The number of aliphatic hydroxyl groups excluding tert-OH is 2. The van der Waals surface area contributed by atoms with Crippen molar-refractivity contribution in [2.45, 2.75) is 25.9 Å². The highest BCUT2D eigenvalue weighted by Crippen LogP contribution is 2.30. The lowest BCUT2D eigenvalue weighted by Gasteiger charge is -2.14. The highest BCUT2D eigenvalue weighted by Gasteiger charge is 2.11. The molecule has 0 aliphatic heterocycles. The number of benzene rings is 2. The first kappa shape index (κ1) is 14.6. The molecule has 3 nitrogen and oxygen atoms in total. The van der Waals surface area contributed by atoms with Crippen LogP contribution in [0.4, 0.5) is 0 Å². The molecule has 0 amide bonds. The van der Waals surface area contributed by atoms with Gasteiger partial charge in [0.1, 0.15) is 11.5 Å². The van der Waals surface area contributed by atoms with Gasteiger partial charge in [-0.3, -0.25) is 0 Å². The number of hydrogen-bond donors (Lipinski definition) is 2. The molecule has 106 valence electrons. The number of hydrogen-bond acceptors (Lipinski definition) is 3. The van der Waals surface area contributed by atoms with Gasteiger partial charge >= 0.3 is 0 Å². The minimum absolute atomic E-state index is 0.145. The van der Waals surface area contributed by atoms with E-state index in [4.69, 9.17) is 9.84 Å². The molecule has 0 radical (unpaired) electrons. The van der Waals surface area contributed by atoms with Crippen LogP contribution in [0.1, 0.15) is 30.6 Å². The van der Waals surface area contributed by atoms with Gasteiger partial charge in [-0.2, -0.15) is 0 Å². The maximum Gasteiger partial charge on any atom is 0.133 e. The molecule has 0 aliphatic rings. The predicted octanol–water partition coefficient (Wildman–Crippen LogP) is 3.46. The van der Waals surface area contributed by atoms with Crippen LogP contribution in [-0.2, 0) is 6.42 Å². The highest BCUT2D eigenvalue weighted by atomic mass is 16.5. The molecule has 1 atom stereocenters. The van der Waals surface area contributed by atoms with E-state index in [1.54, 1.807) is 0 Å². The smallest absolute Gasteiger partial charge is 0.133 e. The van der Waals surface area contributed by atoms with Crippen molar-refractivity contribution in [3.05, 3.63) is 59.7 Å². The Balaban J connectivity index is 2.17. The topological polar surface area (TPSA) is 49.7 Å². The Morgan fingerprint density at radius 1 is 1.05 bits per heavy atom. The largest absolute Gasteiger partial charge is 0.457 e. The van der Waals surface area contributed by atoms with Gasteiger partial charge in [0.05, 0.1) is 6.10 Å². The lowest BCUT2D eigenvalue weighted by atomic mass is 10.1. The second-order valence-corrected chi connectivity index (χ2v) is 4.68. The van der Waals surface area contributed by atoms with Crippen molar-refractivity contribution in [2.75, 3.05) is 6.61 Å². The second-order valence-electron chi connectivity index (χ2n) is 4.68. The summed E-state index contributed by atoms with van der Waals surface area (Å²) >= 11 is 0. The molecule has 2 rings (SSSR count). The van der Waals surface area contributed by atoms with E-state index >= 15 is 0 Å². The van der Waals surface area contributed by atoms with Crippen LogP contribution in [0.2, 0.25) is 0 Å². The van der Waals surface area contributed by atoms with Gasteiger partial charge in [-0.1, -0.05) is 37.3 Å². The summed E-state index contributed by atoms with van der Waals surface area (Å²) in [5.41, 5.74) is 1.87. The third-order valence-electron chi connectivity index (χ3n) is 3.22. The van der Waals surface area contributed by atoms with Gasteiger partial charge in [0.25, 0.3) is 0 Å². The maximum absolute atomic E-state index is 9.99. The van der Waals surface area contributed by atoms with E-state index in [9.17, 15) is 5.11 Å². The van der Waals surface area contributed by atoms with Crippen LogP contribution in [0.15, 0.2) is 48.5 Å². The van der Waals surface area contributed by atoms with E-state index in [0.29, 0.717) is 18.6 Å². The standard InChI is InChI=1S/C17H20O3/c1-2-16(19)15-5-3-4-6-17(15)20-14-9-7-13(8-10-14)11-12-18/h3-10,16,18-19H,2,11-12H2,1H3/t16-/m0/s1. The fourth-order valence-electron chi connectivity index (χ4n) is 2.05. The van der Waals surface area contributed by atoms with Crippen LogP contribution in [0.25, 0.3) is 0 Å². The molecule has 0 unspecified atom stereocenters. The predicted molar refractivity (Wildman–Crippen MR) is 79.0 cm³/mol. The lowest BCUT2D eigenvalue weighted by molar-refractivity contribution is 0.170. The summed E-state index contributed by atoms with van der Waals surface area (Å²) in [6.07, 6.45) is 0.779. The lowest BCUT2D eigenvalue weighted by Crippen LogP contribution is -1.98. The second kappa shape index (κ2) is 7.08. The molecule has 0 bridgehead atoms. The summed E-state index contributed by atoms with van der Waals surface area (Å²) in [6.45, 7) is 2.08. The molecule has 2 aromatic carbocycles. The molecule has 0 aromatic heterocycles. The number of aliphatic hydroxyl groups is 2. The van der Waals surface area contributed by atoms with Crippen LogP contribution in [0, 0.1) is 0 Å². The average molecular weight is 272 g/mol. The van der Waals surface area contributed by atoms with E-state index in [2.05, 4.69) is 0 Å². The number of para-hydroxylation sites is 1. The summed E-state index contributed by atoms with van der Waals surface area (Å²) in [7, 11) is 0. The van der Waals surface area contributed by atoms with Crippen molar-refractivity contribution < 1.29 is 14.9 Å². The van der Waals surface area contributed by atoms with Gasteiger partial charge in [0.2, 0.25) is 0 Å². The monoisotopic (exact) mass is 272 g/mol. The van der Waals surface area contributed by atoms with Crippen molar-refractivity contribution in [3.8, 4) is 11.5 Å². The number of rotatable bonds is 6. The molecular formula is C17H20O3. The zero-order valence-corrected chi connectivity index (χ0v) is 11.6. The highest BCUT2D eigenvalue weighted by molar-refractivity contribution is 5.39. The fourth-order valence-corrected chi connectivity index (χ4v) is 2.05. The van der Waals surface area contributed by atoms with Gasteiger partial charge in [0.15, 0.2) is 0 Å². The Kier molecular flexibility index (Phi) is 5.16. The number of ether oxygens (including phenoxy) is 1. The molecule has 2 N–H and O–H groups in total. The quantitative estimate of drug-likeness (QED) is 0.846. The zero-order valence-electron chi connectivity index (χ0n) is 11.6. The zero-order chi connectivity index (χ0) is 14.4. The van der Waals surface area contributed by atoms with Crippen LogP contribution in [0.5, 0.6) is 11.5 Å². The molecule has 0 fully saturated rings. The van der Waals surface area contributed by atoms with Crippen LogP contribution in [0.3, 0.4) is 0 Å². The summed E-state index contributed by atoms with van der Waals surface area (Å²) in [5, 5.41) is 18.9. The average Bonchev–Trinajstić information content (AvgIpc) is 2.49. The van der Waals surface area contributed by atoms with Gasteiger partial charge < -0.3 is 14.9 Å². The molecule has 0 aliphatic carbocycles. The van der Waals surface area contributed by atoms with Crippen LogP contribution >= 0.6 is 0 Å². The fraction of sp³-hybridized carbons (Fsp3) is 0.294. The first-order valence-electron chi connectivity index (χ1n) is 6.89. The summed E-state index contributed by atoms with van der Waals surface area (Å²) in [6, 6.07) is 15.1. The van der Waals surface area contributed by atoms with E-state index in [1.807, 2.05) is 55.5 Å². The van der Waals surface area contributed by atoms with Crippen LogP contribution in [-0.4, -0.2) is 16.8 Å². The van der Waals surface area contributed by atoms with Crippen molar-refractivity contribution >= 4 is 0 Å². The van der Waals surface area contributed by atoms with E-state index in [0.717, 1.165) is 16.9 Å². The van der Waals surface area contributed by atoms with Gasteiger partial charge in [-0.15, -0.1) is 0 Å². The Morgan fingerprint density at radius 2 is 1.75 bits per heavy atom. The van der Waals surface area contributed by atoms with Crippen molar-refractivity contribution in [2.24, 2.45) is 0 Å². The normalized spacial score (nSPS) is 12.2. The Morgan fingerprint density at radius 3 is 2.40 bits per heavy atom. The Labute approximate surface area is 119 Å². The molecular weight excluding hydrogens is 252 g/mol.